The number of amides is 2. The molecular weight excluding hydrogens is 1010 g/mol. The molecule has 1 saturated carbocycles. The van der Waals surface area contributed by atoms with Crippen LogP contribution in [-0.4, -0.2) is 139 Å². The number of aromatic hydroxyl groups is 1. The third-order valence-corrected chi connectivity index (χ3v) is 17.8. The molecule has 2 amide bonds. The normalized spacial score (nSPS) is 23.4. The van der Waals surface area contributed by atoms with E-state index in [2.05, 4.69) is 52.5 Å². The Kier molecular flexibility index (Phi) is 16.0. The van der Waals surface area contributed by atoms with Crippen LogP contribution >= 0.6 is 11.3 Å². The van der Waals surface area contributed by atoms with Crippen molar-refractivity contribution in [1.82, 2.24) is 40.4 Å². The largest absolute Gasteiger partial charge is 0.507 e. The first-order valence-electron chi connectivity index (χ1n) is 28.0. The topological polar surface area (TPSA) is 222 Å². The molecule has 5 N–H and O–H groups in total. The lowest BCUT2D eigenvalue weighted by Gasteiger charge is -2.43. The summed E-state index contributed by atoms with van der Waals surface area (Å²) in [6.45, 7) is 12.5. The van der Waals surface area contributed by atoms with Gasteiger partial charge in [-0.2, -0.15) is 0 Å². The number of anilines is 3. The molecule has 4 saturated heterocycles. The molecule has 5 fully saturated rings. The number of hydrogen-bond acceptors (Lipinski definition) is 17. The third kappa shape index (κ3) is 11.7. The SMILES string of the molecule is Cc1ncsc1-c1ccc([C@H](C)NC(=O)[C@@H]2C[C@@H](O)CN2C(=O)[C@@H](c2cc(OCCN3CCC(OC4CC(CCc5cc(N6C7CCC6CN(c6cc(-c8ccccc8O)nnc6N)C7)ccn5)C4)CC3)no2)C(C)C)cc1. The first kappa shape index (κ1) is 53.3. The molecule has 1 aliphatic carbocycles. The molecular formula is C59H73N11O7S. The van der Waals surface area contributed by atoms with E-state index < -0.39 is 18.1 Å². The number of benzene rings is 2. The van der Waals surface area contributed by atoms with Crippen LogP contribution in [0.5, 0.6) is 11.6 Å². The van der Waals surface area contributed by atoms with Crippen molar-refractivity contribution in [3.8, 4) is 33.3 Å². The minimum atomic E-state index is -0.822. The van der Waals surface area contributed by atoms with Gasteiger partial charge in [-0.1, -0.05) is 50.2 Å². The van der Waals surface area contributed by atoms with Gasteiger partial charge in [0.2, 0.25) is 11.8 Å². The number of aryl methyl sites for hydroxylation is 2. The quantitative estimate of drug-likeness (QED) is 0.0604. The van der Waals surface area contributed by atoms with Crippen LogP contribution in [0.3, 0.4) is 0 Å². The van der Waals surface area contributed by atoms with Gasteiger partial charge in [-0.15, -0.1) is 21.5 Å². The Morgan fingerprint density at radius 1 is 0.910 bits per heavy atom. The zero-order valence-electron chi connectivity index (χ0n) is 45.1. The second-order valence-corrected chi connectivity index (χ2v) is 23.4. The number of para-hydroxylation sites is 1. The number of phenolic OH excluding ortho intramolecular Hbond substituents is 1. The number of carbonyl (C=O) groups excluding carboxylic acids is 2. The fraction of sp³-hybridized carbons (Fsp3) is 0.508. The molecule has 2 bridgehead atoms. The number of aliphatic hydroxyl groups excluding tert-OH is 1. The number of thiazole rings is 1. The summed E-state index contributed by atoms with van der Waals surface area (Å²) in [5.41, 5.74) is 15.7. The molecule has 18 nitrogen and oxygen atoms in total. The number of aromatic nitrogens is 5. The highest BCUT2D eigenvalue weighted by molar-refractivity contribution is 7.13. The summed E-state index contributed by atoms with van der Waals surface area (Å²) in [6.07, 6.45) is 10.3. The van der Waals surface area contributed by atoms with Crippen LogP contribution in [0.15, 0.2) is 89.0 Å². The lowest BCUT2D eigenvalue weighted by Crippen LogP contribution is -2.54. The zero-order valence-corrected chi connectivity index (χ0v) is 45.9. The number of pyridine rings is 1. The molecule has 5 aliphatic rings. The summed E-state index contributed by atoms with van der Waals surface area (Å²) < 4.78 is 18.4. The smallest absolute Gasteiger partial charge is 0.254 e. The molecule has 4 aliphatic heterocycles. The summed E-state index contributed by atoms with van der Waals surface area (Å²) in [5.74, 6) is 0.444. The molecule has 11 rings (SSSR count). The van der Waals surface area contributed by atoms with Crippen molar-refractivity contribution in [3.63, 3.8) is 0 Å². The Morgan fingerprint density at radius 3 is 2.41 bits per heavy atom. The molecule has 4 aromatic heterocycles. The summed E-state index contributed by atoms with van der Waals surface area (Å²) in [6, 6.07) is 22.9. The number of piperidine rings is 1. The predicted octanol–water partition coefficient (Wildman–Crippen LogP) is 7.95. The van der Waals surface area contributed by atoms with E-state index in [1.165, 1.54) is 10.6 Å². The van der Waals surface area contributed by atoms with E-state index in [1.54, 1.807) is 29.5 Å². The fourth-order valence-corrected chi connectivity index (χ4v) is 13.4. The summed E-state index contributed by atoms with van der Waals surface area (Å²) in [5, 5.41) is 37.0. The predicted molar refractivity (Wildman–Crippen MR) is 299 cm³/mol. The Morgan fingerprint density at radius 2 is 1.68 bits per heavy atom. The first-order valence-corrected chi connectivity index (χ1v) is 28.9. The van der Waals surface area contributed by atoms with E-state index in [-0.39, 0.29) is 48.6 Å². The van der Waals surface area contributed by atoms with Crippen molar-refractivity contribution in [3.05, 3.63) is 107 Å². The number of carbonyl (C=O) groups is 2. The number of aliphatic hydroxyl groups is 1. The van der Waals surface area contributed by atoms with Crippen molar-refractivity contribution in [2.24, 2.45) is 11.8 Å². The Hall–Kier alpha value is -6.67. The lowest BCUT2D eigenvalue weighted by atomic mass is 9.79. The van der Waals surface area contributed by atoms with Crippen LogP contribution in [0.4, 0.5) is 17.2 Å². The summed E-state index contributed by atoms with van der Waals surface area (Å²) >= 11 is 1.59. The molecule has 2 unspecified atom stereocenters. The number of hydrogen-bond donors (Lipinski definition) is 4. The van der Waals surface area contributed by atoms with Crippen LogP contribution in [0.25, 0.3) is 21.7 Å². The second kappa shape index (κ2) is 23.3. The maximum absolute atomic E-state index is 14.3. The van der Waals surface area contributed by atoms with Crippen molar-refractivity contribution in [1.29, 1.82) is 0 Å². The number of nitrogen functional groups attached to an aromatic ring is 1. The molecule has 19 heteroatoms. The van der Waals surface area contributed by atoms with Crippen LogP contribution < -0.4 is 25.6 Å². The maximum atomic E-state index is 14.3. The molecule has 6 atom stereocenters. The summed E-state index contributed by atoms with van der Waals surface area (Å²) in [4.78, 5) is 47.1. The minimum Gasteiger partial charge on any atom is -0.507 e. The van der Waals surface area contributed by atoms with Crippen LogP contribution in [0.2, 0.25) is 0 Å². The molecule has 78 heavy (non-hydrogen) atoms. The number of ether oxygens (including phenoxy) is 2. The molecule has 8 heterocycles. The van der Waals surface area contributed by atoms with Gasteiger partial charge in [0.05, 0.1) is 51.8 Å². The van der Waals surface area contributed by atoms with Gasteiger partial charge in [0.25, 0.3) is 5.88 Å². The monoisotopic (exact) mass is 1080 g/mol. The van der Waals surface area contributed by atoms with E-state index in [9.17, 15) is 19.8 Å². The van der Waals surface area contributed by atoms with Gasteiger partial charge in [-0.3, -0.25) is 19.5 Å². The van der Waals surface area contributed by atoms with Crippen LogP contribution in [0, 0.1) is 18.8 Å². The number of β-amino-alcohol motifs (C(OH)–C–C–N with tert-alkyl or cyclic N) is 1. The molecule has 0 radical (unpaired) electrons. The van der Waals surface area contributed by atoms with Crippen molar-refractivity contribution in [2.75, 3.05) is 61.4 Å². The zero-order chi connectivity index (χ0) is 54.0. The number of phenols is 1. The fourth-order valence-electron chi connectivity index (χ4n) is 12.5. The number of nitrogens with zero attached hydrogens (tertiary/aromatic N) is 9. The van der Waals surface area contributed by atoms with Gasteiger partial charge in [0, 0.05) is 87.0 Å². The highest BCUT2D eigenvalue weighted by atomic mass is 32.1. The third-order valence-electron chi connectivity index (χ3n) is 16.9. The van der Waals surface area contributed by atoms with Gasteiger partial charge in [-0.25, -0.2) is 4.98 Å². The van der Waals surface area contributed by atoms with E-state index in [4.69, 9.17) is 24.7 Å². The number of fused-ring (bicyclic) bond motifs is 2. The van der Waals surface area contributed by atoms with Crippen LogP contribution in [0.1, 0.15) is 107 Å². The van der Waals surface area contributed by atoms with Gasteiger partial charge >= 0.3 is 0 Å². The van der Waals surface area contributed by atoms with E-state index in [0.29, 0.717) is 59.4 Å². The number of likely N-dealkylation sites (tertiary alicyclic amines) is 2. The van der Waals surface area contributed by atoms with Crippen molar-refractivity contribution in [2.45, 2.75) is 134 Å². The van der Waals surface area contributed by atoms with Crippen molar-refractivity contribution < 1.29 is 33.8 Å². The first-order chi connectivity index (χ1) is 37.8. The standard InChI is InChI=1S/C59H73N11O7S/c1-35(2)55(59(74)69-33-45(71)28-51(69)58(73)63-36(3)39-10-12-40(13-11-39)56-37(4)62-34-78-56)53-30-54(66-77-53)75-24-23-67-21-18-46(19-22-67)76-47-25-38(26-47)9-14-41-27-42(17-20-61-41)70-43-15-16-44(70)32-68(31-43)50-29-49(64-65-57(50)60)48-7-5-6-8-52(48)72/h5-8,10-13,17,20,27,29-30,34-36,38,43-47,51,55,71-72H,9,14-16,18-19,21-26,28,31-33H2,1-4H3,(H2,60,65)(H,63,73)/t36-,38?,43?,44?,45+,47?,51-,55+/m0/s1. The molecule has 0 spiro atoms. The highest BCUT2D eigenvalue weighted by Crippen LogP contribution is 2.41. The van der Waals surface area contributed by atoms with Gasteiger partial charge < -0.3 is 50.0 Å². The Bertz CT molecular complexity index is 3020. The second-order valence-electron chi connectivity index (χ2n) is 22.5. The molecule has 2 aromatic carbocycles. The van der Waals surface area contributed by atoms with E-state index in [0.717, 1.165) is 117 Å². The summed E-state index contributed by atoms with van der Waals surface area (Å²) in [7, 11) is 0. The van der Waals surface area contributed by atoms with Gasteiger partial charge in [0.15, 0.2) is 11.6 Å². The molecule has 6 aromatic rings. The van der Waals surface area contributed by atoms with Gasteiger partial charge in [0.1, 0.15) is 24.3 Å². The molecule has 412 valence electrons. The Balaban J connectivity index is 0.589. The van der Waals surface area contributed by atoms with Gasteiger partial charge in [-0.05, 0) is 124 Å². The van der Waals surface area contributed by atoms with Crippen molar-refractivity contribution >= 4 is 40.3 Å². The average Bonchev–Trinajstić information content (AvgIpc) is 4.35. The van der Waals surface area contributed by atoms with E-state index >= 15 is 0 Å². The minimum absolute atomic E-state index is 0.0600. The van der Waals surface area contributed by atoms with E-state index in [1.807, 2.05) is 81.9 Å². The number of rotatable bonds is 19. The maximum Gasteiger partial charge on any atom is 0.254 e. The number of piperazine rings is 1. The lowest BCUT2D eigenvalue weighted by molar-refractivity contribution is -0.141. The number of nitrogens with one attached hydrogen (secondary N) is 1. The average molecular weight is 1080 g/mol. The van der Waals surface area contributed by atoms with Crippen LogP contribution in [-0.2, 0) is 20.7 Å². The highest BCUT2D eigenvalue weighted by Gasteiger charge is 2.44. The Labute approximate surface area is 460 Å². The number of nitrogens with two attached hydrogens (primary N) is 1.